The van der Waals surface area contributed by atoms with E-state index in [2.05, 4.69) is 11.1 Å². The summed E-state index contributed by atoms with van der Waals surface area (Å²) in [5.41, 5.74) is 3.43. The highest BCUT2D eigenvalue weighted by Crippen LogP contribution is 2.37. The van der Waals surface area contributed by atoms with Gasteiger partial charge in [0, 0.05) is 25.2 Å². The molecule has 0 saturated carbocycles. The lowest BCUT2D eigenvalue weighted by molar-refractivity contribution is 0.0783. The largest absolute Gasteiger partial charge is 0.454 e. The maximum absolute atomic E-state index is 13.1. The van der Waals surface area contributed by atoms with Crippen LogP contribution in [0.2, 0.25) is 0 Å². The van der Waals surface area contributed by atoms with Crippen LogP contribution in [-0.4, -0.2) is 40.1 Å². The molecule has 0 N–H and O–H groups in total. The number of imidazole rings is 1. The fourth-order valence-electron chi connectivity index (χ4n) is 3.90. The molecule has 26 heavy (non-hydrogen) atoms. The van der Waals surface area contributed by atoms with Gasteiger partial charge >= 0.3 is 0 Å². The van der Waals surface area contributed by atoms with Gasteiger partial charge in [0.05, 0.1) is 5.69 Å². The summed E-state index contributed by atoms with van der Waals surface area (Å²) in [6, 6.07) is 11.8. The van der Waals surface area contributed by atoms with Crippen LogP contribution in [-0.2, 0) is 0 Å². The number of rotatable bonds is 2. The number of likely N-dealkylation sites (tertiary alicyclic amines) is 1. The molecule has 1 atom stereocenters. The molecule has 0 aliphatic carbocycles. The molecule has 1 fully saturated rings. The molecule has 0 spiro atoms. The van der Waals surface area contributed by atoms with Crippen LogP contribution in [0.15, 0.2) is 42.6 Å². The van der Waals surface area contributed by atoms with E-state index in [-0.39, 0.29) is 12.7 Å². The zero-order chi connectivity index (χ0) is 17.7. The number of carbonyl (C=O) groups excluding carboxylic acids is 1. The van der Waals surface area contributed by atoms with Gasteiger partial charge in [0.25, 0.3) is 5.91 Å². The number of aromatic nitrogens is 2. The SMILES string of the molecule is Cc1nc2ccccn2c1C(=O)N1CCC(c2ccc3c(c2)OCO3)C1. The highest BCUT2D eigenvalue weighted by Gasteiger charge is 2.31. The highest BCUT2D eigenvalue weighted by molar-refractivity contribution is 5.95. The molecule has 1 amide bonds. The Hall–Kier alpha value is -3.02. The van der Waals surface area contributed by atoms with Gasteiger partial charge in [0.2, 0.25) is 6.79 Å². The summed E-state index contributed by atoms with van der Waals surface area (Å²) < 4.78 is 12.7. The van der Waals surface area contributed by atoms with Crippen LogP contribution >= 0.6 is 0 Å². The van der Waals surface area contributed by atoms with Gasteiger partial charge in [-0.1, -0.05) is 12.1 Å². The number of fused-ring (bicyclic) bond motifs is 2. The van der Waals surface area contributed by atoms with Crippen molar-refractivity contribution in [2.24, 2.45) is 0 Å². The van der Waals surface area contributed by atoms with Crippen molar-refractivity contribution in [1.82, 2.24) is 14.3 Å². The van der Waals surface area contributed by atoms with Crippen LogP contribution in [0.25, 0.3) is 5.65 Å². The molecule has 1 aromatic carbocycles. The zero-order valence-electron chi connectivity index (χ0n) is 14.5. The second-order valence-corrected chi connectivity index (χ2v) is 6.82. The second kappa shape index (κ2) is 5.76. The molecular weight excluding hydrogens is 330 g/mol. The minimum atomic E-state index is 0.0458. The summed E-state index contributed by atoms with van der Waals surface area (Å²) in [6.07, 6.45) is 2.84. The molecule has 6 nitrogen and oxygen atoms in total. The second-order valence-electron chi connectivity index (χ2n) is 6.82. The molecule has 1 saturated heterocycles. The van der Waals surface area contributed by atoms with Gasteiger partial charge in [-0.2, -0.15) is 0 Å². The number of hydrogen-bond acceptors (Lipinski definition) is 4. The molecular formula is C20H19N3O3. The van der Waals surface area contributed by atoms with Crippen molar-refractivity contribution in [2.75, 3.05) is 19.9 Å². The maximum Gasteiger partial charge on any atom is 0.272 e. The number of benzene rings is 1. The molecule has 1 unspecified atom stereocenters. The van der Waals surface area contributed by atoms with E-state index >= 15 is 0 Å². The quantitative estimate of drug-likeness (QED) is 0.714. The van der Waals surface area contributed by atoms with Gasteiger partial charge in [-0.15, -0.1) is 0 Å². The predicted molar refractivity (Wildman–Crippen MR) is 95.8 cm³/mol. The molecule has 4 heterocycles. The minimum absolute atomic E-state index is 0.0458. The first kappa shape index (κ1) is 15.3. The van der Waals surface area contributed by atoms with Gasteiger partial charge in [-0.3, -0.25) is 9.20 Å². The first-order chi connectivity index (χ1) is 12.7. The van der Waals surface area contributed by atoms with Gasteiger partial charge in [0.15, 0.2) is 11.5 Å². The van der Waals surface area contributed by atoms with Crippen molar-refractivity contribution in [3.05, 3.63) is 59.5 Å². The Kier molecular flexibility index (Phi) is 3.38. The van der Waals surface area contributed by atoms with Gasteiger partial charge < -0.3 is 14.4 Å². The number of carbonyl (C=O) groups is 1. The fraction of sp³-hybridized carbons (Fsp3) is 0.300. The van der Waals surface area contributed by atoms with Crippen LogP contribution < -0.4 is 9.47 Å². The average molecular weight is 349 g/mol. The normalized spacial score (nSPS) is 18.7. The minimum Gasteiger partial charge on any atom is -0.454 e. The Bertz CT molecular complexity index is 1010. The molecule has 2 aliphatic heterocycles. The lowest BCUT2D eigenvalue weighted by Crippen LogP contribution is -2.30. The monoisotopic (exact) mass is 349 g/mol. The van der Waals surface area contributed by atoms with Crippen molar-refractivity contribution in [2.45, 2.75) is 19.3 Å². The van der Waals surface area contributed by atoms with E-state index in [4.69, 9.17) is 9.47 Å². The van der Waals surface area contributed by atoms with Crippen LogP contribution in [0.5, 0.6) is 11.5 Å². The Balaban J connectivity index is 1.40. The van der Waals surface area contributed by atoms with Gasteiger partial charge in [0.1, 0.15) is 11.3 Å². The summed E-state index contributed by atoms with van der Waals surface area (Å²) >= 11 is 0. The Morgan fingerprint density at radius 2 is 2.08 bits per heavy atom. The molecule has 6 heteroatoms. The maximum atomic E-state index is 13.1. The van der Waals surface area contributed by atoms with Crippen molar-refractivity contribution in [1.29, 1.82) is 0 Å². The van der Waals surface area contributed by atoms with Gasteiger partial charge in [-0.05, 0) is 43.2 Å². The van der Waals surface area contributed by atoms with Crippen molar-refractivity contribution in [3.8, 4) is 11.5 Å². The lowest BCUT2D eigenvalue weighted by atomic mass is 9.98. The first-order valence-corrected chi connectivity index (χ1v) is 8.83. The van der Waals surface area contributed by atoms with Crippen LogP contribution in [0, 0.1) is 6.92 Å². The Morgan fingerprint density at radius 3 is 3.00 bits per heavy atom. The molecule has 2 aliphatic rings. The summed E-state index contributed by atoms with van der Waals surface area (Å²) in [4.78, 5) is 19.6. The first-order valence-electron chi connectivity index (χ1n) is 8.83. The summed E-state index contributed by atoms with van der Waals surface area (Å²) in [5.74, 6) is 1.95. The van der Waals surface area contributed by atoms with Crippen LogP contribution in [0.4, 0.5) is 0 Å². The Morgan fingerprint density at radius 1 is 1.19 bits per heavy atom. The molecule has 3 aromatic rings. The highest BCUT2D eigenvalue weighted by atomic mass is 16.7. The Labute approximate surface area is 151 Å². The van der Waals surface area contributed by atoms with E-state index in [0.29, 0.717) is 18.2 Å². The molecule has 2 aromatic heterocycles. The molecule has 0 radical (unpaired) electrons. The summed E-state index contributed by atoms with van der Waals surface area (Å²) in [6.45, 7) is 3.63. The lowest BCUT2D eigenvalue weighted by Gasteiger charge is -2.17. The van der Waals surface area contributed by atoms with E-state index in [9.17, 15) is 4.79 Å². The third-order valence-electron chi connectivity index (χ3n) is 5.25. The predicted octanol–water partition coefficient (Wildman–Crippen LogP) is 3.00. The standard InChI is InChI=1S/C20H19N3O3/c1-13-19(23-8-3-2-4-18(23)21-13)20(24)22-9-7-15(11-22)14-5-6-16-17(10-14)26-12-25-16/h2-6,8,10,15H,7,9,11-12H2,1H3. The number of pyridine rings is 1. The van der Waals surface area contributed by atoms with E-state index in [1.54, 1.807) is 0 Å². The number of nitrogens with zero attached hydrogens (tertiary/aromatic N) is 3. The van der Waals surface area contributed by atoms with Crippen molar-refractivity contribution >= 4 is 11.6 Å². The molecule has 0 bridgehead atoms. The van der Waals surface area contributed by atoms with Crippen molar-refractivity contribution < 1.29 is 14.3 Å². The third-order valence-corrected chi connectivity index (χ3v) is 5.25. The van der Waals surface area contributed by atoms with E-state index in [1.165, 1.54) is 5.56 Å². The van der Waals surface area contributed by atoms with E-state index < -0.39 is 0 Å². The summed E-state index contributed by atoms with van der Waals surface area (Å²) in [5, 5.41) is 0. The molecule has 132 valence electrons. The zero-order valence-corrected chi connectivity index (χ0v) is 14.5. The number of amides is 1. The van der Waals surface area contributed by atoms with E-state index in [0.717, 1.165) is 35.8 Å². The summed E-state index contributed by atoms with van der Waals surface area (Å²) in [7, 11) is 0. The fourth-order valence-corrected chi connectivity index (χ4v) is 3.90. The van der Waals surface area contributed by atoms with Crippen molar-refractivity contribution in [3.63, 3.8) is 0 Å². The van der Waals surface area contributed by atoms with Crippen LogP contribution in [0.1, 0.15) is 34.1 Å². The molecule has 5 rings (SSSR count). The smallest absolute Gasteiger partial charge is 0.272 e. The number of ether oxygens (including phenoxy) is 2. The van der Waals surface area contributed by atoms with Crippen LogP contribution in [0.3, 0.4) is 0 Å². The topological polar surface area (TPSA) is 56.1 Å². The average Bonchev–Trinajstić information content (AvgIpc) is 3.37. The van der Waals surface area contributed by atoms with E-state index in [1.807, 2.05) is 52.8 Å². The number of aryl methyl sites for hydroxylation is 1. The van der Waals surface area contributed by atoms with Gasteiger partial charge in [-0.25, -0.2) is 4.98 Å². The third kappa shape index (κ3) is 2.33. The number of hydrogen-bond donors (Lipinski definition) is 0.